The molecule has 5 heteroatoms. The summed E-state index contributed by atoms with van der Waals surface area (Å²) in [5, 5.41) is 11.5. The molecule has 0 bridgehead atoms. The lowest BCUT2D eigenvalue weighted by Gasteiger charge is -2.18. The number of hydrogen-bond acceptors (Lipinski definition) is 3. The van der Waals surface area contributed by atoms with Crippen LogP contribution in [-0.4, -0.2) is 23.8 Å². The Labute approximate surface area is 135 Å². The van der Waals surface area contributed by atoms with Crippen LogP contribution in [0.5, 0.6) is 0 Å². The number of nitriles is 1. The standard InChI is InChI=1S/C18H17N3O2/c1-13(22)20-17-5-3-4-16(10-17)18(23)21(2)12-15-8-6-14(11-19)7-9-15/h3-10H,12H2,1-2H3,(H,20,22). The fraction of sp³-hybridized carbons (Fsp3) is 0.167. The maximum atomic E-state index is 12.5. The Morgan fingerprint density at radius 2 is 1.87 bits per heavy atom. The van der Waals surface area contributed by atoms with Crippen molar-refractivity contribution in [2.75, 3.05) is 12.4 Å². The summed E-state index contributed by atoms with van der Waals surface area (Å²) in [6.07, 6.45) is 0. The van der Waals surface area contributed by atoms with Gasteiger partial charge in [0.05, 0.1) is 11.6 Å². The second-order valence-corrected chi connectivity index (χ2v) is 5.23. The molecule has 2 aromatic carbocycles. The van der Waals surface area contributed by atoms with Crippen LogP contribution in [0.4, 0.5) is 5.69 Å². The summed E-state index contributed by atoms with van der Waals surface area (Å²) in [5.41, 5.74) is 2.63. The van der Waals surface area contributed by atoms with E-state index in [9.17, 15) is 9.59 Å². The number of nitrogens with one attached hydrogen (secondary N) is 1. The zero-order chi connectivity index (χ0) is 16.8. The van der Waals surface area contributed by atoms with Crippen LogP contribution >= 0.6 is 0 Å². The van der Waals surface area contributed by atoms with Crippen LogP contribution in [0.15, 0.2) is 48.5 Å². The van der Waals surface area contributed by atoms with Crippen LogP contribution in [0.2, 0.25) is 0 Å². The lowest BCUT2D eigenvalue weighted by atomic mass is 10.1. The number of hydrogen-bond donors (Lipinski definition) is 1. The van der Waals surface area contributed by atoms with Gasteiger partial charge in [0, 0.05) is 31.8 Å². The molecule has 0 atom stereocenters. The highest BCUT2D eigenvalue weighted by Crippen LogP contribution is 2.14. The maximum absolute atomic E-state index is 12.5. The van der Waals surface area contributed by atoms with Gasteiger partial charge in [0.2, 0.25) is 5.91 Å². The van der Waals surface area contributed by atoms with E-state index < -0.39 is 0 Å². The molecule has 0 spiro atoms. The molecule has 1 N–H and O–H groups in total. The summed E-state index contributed by atoms with van der Waals surface area (Å²) in [5.74, 6) is -0.318. The number of carbonyl (C=O) groups is 2. The highest BCUT2D eigenvalue weighted by Gasteiger charge is 2.12. The quantitative estimate of drug-likeness (QED) is 0.944. The van der Waals surface area contributed by atoms with Crippen LogP contribution in [0.25, 0.3) is 0 Å². The zero-order valence-electron chi connectivity index (χ0n) is 13.0. The predicted octanol–water partition coefficient (Wildman–Crippen LogP) is 2.79. The Morgan fingerprint density at radius 1 is 1.17 bits per heavy atom. The Balaban J connectivity index is 2.09. The van der Waals surface area contributed by atoms with Crippen LogP contribution in [0.1, 0.15) is 28.4 Å². The molecule has 0 unspecified atom stereocenters. The molecule has 0 aliphatic rings. The first-order valence-electron chi connectivity index (χ1n) is 7.12. The van der Waals surface area contributed by atoms with Gasteiger partial charge >= 0.3 is 0 Å². The molecule has 0 saturated heterocycles. The topological polar surface area (TPSA) is 73.2 Å². The molecule has 0 aromatic heterocycles. The van der Waals surface area contributed by atoms with Gasteiger partial charge in [-0.1, -0.05) is 18.2 Å². The van der Waals surface area contributed by atoms with E-state index in [1.54, 1.807) is 48.3 Å². The average Bonchev–Trinajstić information content (AvgIpc) is 2.54. The van der Waals surface area contributed by atoms with Crippen molar-refractivity contribution in [3.63, 3.8) is 0 Å². The highest BCUT2D eigenvalue weighted by atomic mass is 16.2. The van der Waals surface area contributed by atoms with Crippen LogP contribution in [0.3, 0.4) is 0 Å². The molecule has 0 heterocycles. The van der Waals surface area contributed by atoms with Gasteiger partial charge in [0.25, 0.3) is 5.91 Å². The van der Waals surface area contributed by atoms with E-state index in [-0.39, 0.29) is 11.8 Å². The summed E-state index contributed by atoms with van der Waals surface area (Å²) in [6, 6.07) is 16.0. The number of carbonyl (C=O) groups excluding carboxylic acids is 2. The molecule has 0 radical (unpaired) electrons. The fourth-order valence-electron chi connectivity index (χ4n) is 2.18. The normalized spacial score (nSPS) is 9.78. The Bertz CT molecular complexity index is 761. The van der Waals surface area contributed by atoms with E-state index >= 15 is 0 Å². The van der Waals surface area contributed by atoms with Crippen LogP contribution in [-0.2, 0) is 11.3 Å². The number of benzene rings is 2. The van der Waals surface area contributed by atoms with Gasteiger partial charge in [-0.2, -0.15) is 5.26 Å². The molecule has 2 rings (SSSR count). The Hall–Kier alpha value is -3.13. The molecule has 2 aromatic rings. The first-order chi connectivity index (χ1) is 11.0. The van der Waals surface area contributed by atoms with Crippen molar-refractivity contribution in [2.45, 2.75) is 13.5 Å². The number of amides is 2. The zero-order valence-corrected chi connectivity index (χ0v) is 13.0. The summed E-state index contributed by atoms with van der Waals surface area (Å²) in [6.45, 7) is 1.86. The van der Waals surface area contributed by atoms with Gasteiger partial charge in [0.15, 0.2) is 0 Å². The third-order valence-electron chi connectivity index (χ3n) is 3.28. The van der Waals surface area contributed by atoms with Crippen molar-refractivity contribution in [1.82, 2.24) is 4.90 Å². The minimum Gasteiger partial charge on any atom is -0.337 e. The van der Waals surface area contributed by atoms with Crippen LogP contribution < -0.4 is 5.32 Å². The van der Waals surface area contributed by atoms with Crippen molar-refractivity contribution in [3.05, 3.63) is 65.2 Å². The monoisotopic (exact) mass is 307 g/mol. The van der Waals surface area contributed by atoms with E-state index in [1.807, 2.05) is 12.1 Å². The molecule has 0 aliphatic carbocycles. The third-order valence-corrected chi connectivity index (χ3v) is 3.28. The molecule has 116 valence electrons. The van der Waals surface area contributed by atoms with Gasteiger partial charge < -0.3 is 10.2 Å². The summed E-state index contributed by atoms with van der Waals surface area (Å²) in [4.78, 5) is 25.2. The lowest BCUT2D eigenvalue weighted by molar-refractivity contribution is -0.114. The summed E-state index contributed by atoms with van der Waals surface area (Å²) < 4.78 is 0. The largest absolute Gasteiger partial charge is 0.337 e. The van der Waals surface area contributed by atoms with Gasteiger partial charge in [-0.25, -0.2) is 0 Å². The number of nitrogens with zero attached hydrogens (tertiary/aromatic N) is 2. The van der Waals surface area contributed by atoms with E-state index in [4.69, 9.17) is 5.26 Å². The summed E-state index contributed by atoms with van der Waals surface area (Å²) in [7, 11) is 1.71. The van der Waals surface area contributed by atoms with E-state index in [0.29, 0.717) is 23.4 Å². The molecular weight excluding hydrogens is 290 g/mol. The Morgan fingerprint density at radius 3 is 2.48 bits per heavy atom. The van der Waals surface area contributed by atoms with E-state index in [0.717, 1.165) is 5.56 Å². The van der Waals surface area contributed by atoms with Gasteiger partial charge in [0.1, 0.15) is 0 Å². The van der Waals surface area contributed by atoms with Crippen molar-refractivity contribution in [2.24, 2.45) is 0 Å². The first-order valence-corrected chi connectivity index (χ1v) is 7.12. The van der Waals surface area contributed by atoms with Crippen LogP contribution in [0, 0.1) is 11.3 Å². The molecule has 0 saturated carbocycles. The smallest absolute Gasteiger partial charge is 0.253 e. The van der Waals surface area contributed by atoms with Crippen molar-refractivity contribution in [1.29, 1.82) is 5.26 Å². The predicted molar refractivity (Wildman–Crippen MR) is 87.7 cm³/mol. The lowest BCUT2D eigenvalue weighted by Crippen LogP contribution is -2.26. The fourth-order valence-corrected chi connectivity index (χ4v) is 2.18. The molecule has 5 nitrogen and oxygen atoms in total. The summed E-state index contributed by atoms with van der Waals surface area (Å²) >= 11 is 0. The van der Waals surface area contributed by atoms with Crippen molar-refractivity contribution < 1.29 is 9.59 Å². The second kappa shape index (κ2) is 7.23. The highest BCUT2D eigenvalue weighted by molar-refractivity contribution is 5.96. The first kappa shape index (κ1) is 16.2. The molecule has 2 amide bonds. The molecule has 23 heavy (non-hydrogen) atoms. The van der Waals surface area contributed by atoms with Gasteiger partial charge in [-0.05, 0) is 35.9 Å². The van der Waals surface area contributed by atoms with Gasteiger partial charge in [-0.15, -0.1) is 0 Å². The van der Waals surface area contributed by atoms with Crippen molar-refractivity contribution >= 4 is 17.5 Å². The number of anilines is 1. The molecule has 0 aliphatic heterocycles. The minimum absolute atomic E-state index is 0.137. The molecular formula is C18H17N3O2. The van der Waals surface area contributed by atoms with E-state index in [1.165, 1.54) is 6.92 Å². The second-order valence-electron chi connectivity index (χ2n) is 5.23. The average molecular weight is 307 g/mol. The number of rotatable bonds is 4. The SMILES string of the molecule is CC(=O)Nc1cccc(C(=O)N(C)Cc2ccc(C#N)cc2)c1. The van der Waals surface area contributed by atoms with E-state index in [2.05, 4.69) is 11.4 Å². The molecule has 0 fully saturated rings. The Kier molecular flexibility index (Phi) is 5.11. The minimum atomic E-state index is -0.180. The van der Waals surface area contributed by atoms with Crippen molar-refractivity contribution in [3.8, 4) is 6.07 Å². The van der Waals surface area contributed by atoms with Gasteiger partial charge in [-0.3, -0.25) is 9.59 Å². The third kappa shape index (κ3) is 4.42. The maximum Gasteiger partial charge on any atom is 0.253 e.